The molecule has 5 nitrogen and oxygen atoms in total. The van der Waals surface area contributed by atoms with E-state index in [-0.39, 0.29) is 12.1 Å². The first-order valence-corrected chi connectivity index (χ1v) is 12.2. The highest BCUT2D eigenvalue weighted by molar-refractivity contribution is 14.1. The van der Waals surface area contributed by atoms with Crippen molar-refractivity contribution in [3.8, 4) is 11.5 Å². The van der Waals surface area contributed by atoms with E-state index in [0.717, 1.165) is 34.3 Å². The zero-order chi connectivity index (χ0) is 22.9. The standard InChI is InChI=1S/C26H23IN4OS/c1-16-22(23(27)17(2)29-16)25-24(21-10-6-7-15-28-21)30-26(33)31(25)18-11-13-20(14-12-18)32-19-8-4-3-5-9-19/h3-15,24-25,29H,1-2H3,(H,30,33)/t24-,25+/m0/s1. The molecule has 0 spiro atoms. The second-order valence-corrected chi connectivity index (χ2v) is 9.47. The van der Waals surface area contributed by atoms with Gasteiger partial charge in [-0.1, -0.05) is 24.3 Å². The summed E-state index contributed by atoms with van der Waals surface area (Å²) in [5, 5.41) is 4.21. The Morgan fingerprint density at radius 3 is 2.24 bits per heavy atom. The molecule has 0 amide bonds. The van der Waals surface area contributed by atoms with Crippen molar-refractivity contribution >= 4 is 45.6 Å². The first-order chi connectivity index (χ1) is 16.0. The van der Waals surface area contributed by atoms with E-state index in [9.17, 15) is 0 Å². The first kappa shape index (κ1) is 21.9. The second kappa shape index (κ2) is 9.15. The number of aryl methyl sites for hydroxylation is 2. The van der Waals surface area contributed by atoms with Gasteiger partial charge in [0.2, 0.25) is 0 Å². The Balaban J connectivity index is 1.54. The summed E-state index contributed by atoms with van der Waals surface area (Å²) in [6.07, 6.45) is 1.83. The Kier molecular flexibility index (Phi) is 6.07. The van der Waals surface area contributed by atoms with Gasteiger partial charge in [0.15, 0.2) is 5.11 Å². The number of nitrogens with zero attached hydrogens (tertiary/aromatic N) is 2. The lowest BCUT2D eigenvalue weighted by Crippen LogP contribution is -2.29. The maximum atomic E-state index is 5.98. The smallest absolute Gasteiger partial charge is 0.174 e. The summed E-state index contributed by atoms with van der Waals surface area (Å²) in [6.45, 7) is 4.23. The molecule has 33 heavy (non-hydrogen) atoms. The lowest BCUT2D eigenvalue weighted by Gasteiger charge is -2.28. The van der Waals surface area contributed by atoms with Crippen LogP contribution in [-0.2, 0) is 0 Å². The van der Waals surface area contributed by atoms with E-state index in [4.69, 9.17) is 17.0 Å². The van der Waals surface area contributed by atoms with Crippen LogP contribution in [-0.4, -0.2) is 15.1 Å². The van der Waals surface area contributed by atoms with Crippen molar-refractivity contribution in [3.63, 3.8) is 0 Å². The molecular formula is C26H23IN4OS. The molecule has 3 heterocycles. The monoisotopic (exact) mass is 566 g/mol. The molecule has 2 aromatic heterocycles. The SMILES string of the molecule is Cc1[nH]c(C)c([C@@H]2[C@H](c3ccccn3)NC(=S)N2c2ccc(Oc3ccccc3)cc2)c1I. The molecule has 0 bridgehead atoms. The number of halogens is 1. The van der Waals surface area contributed by atoms with Crippen LogP contribution in [0.25, 0.3) is 0 Å². The van der Waals surface area contributed by atoms with E-state index in [0.29, 0.717) is 5.11 Å². The van der Waals surface area contributed by atoms with Gasteiger partial charge in [0.05, 0.1) is 17.8 Å². The van der Waals surface area contributed by atoms with Crippen molar-refractivity contribution in [2.45, 2.75) is 25.9 Å². The maximum absolute atomic E-state index is 5.98. The largest absolute Gasteiger partial charge is 0.457 e. The number of benzene rings is 2. The molecule has 0 aliphatic carbocycles. The maximum Gasteiger partial charge on any atom is 0.174 e. The molecule has 7 heteroatoms. The van der Waals surface area contributed by atoms with Crippen LogP contribution < -0.4 is 15.0 Å². The van der Waals surface area contributed by atoms with Gasteiger partial charge in [0.25, 0.3) is 0 Å². The number of hydrogen-bond donors (Lipinski definition) is 2. The van der Waals surface area contributed by atoms with E-state index in [1.165, 1.54) is 9.13 Å². The fourth-order valence-corrected chi connectivity index (χ4v) is 5.55. The van der Waals surface area contributed by atoms with Gasteiger partial charge in [-0.05, 0) is 97.2 Å². The minimum Gasteiger partial charge on any atom is -0.457 e. The van der Waals surface area contributed by atoms with Crippen LogP contribution in [0.15, 0.2) is 79.0 Å². The van der Waals surface area contributed by atoms with Crippen LogP contribution in [0.1, 0.15) is 34.7 Å². The number of aromatic amines is 1. The Bertz CT molecular complexity index is 1280. The van der Waals surface area contributed by atoms with E-state index in [1.807, 2.05) is 60.8 Å². The molecule has 4 aromatic rings. The predicted molar refractivity (Wildman–Crippen MR) is 144 cm³/mol. The molecule has 166 valence electrons. The summed E-state index contributed by atoms with van der Waals surface area (Å²) in [4.78, 5) is 10.3. The summed E-state index contributed by atoms with van der Waals surface area (Å²) >= 11 is 8.28. The number of hydrogen-bond acceptors (Lipinski definition) is 3. The number of anilines is 1. The number of H-pyrrole nitrogens is 1. The van der Waals surface area contributed by atoms with Gasteiger partial charge < -0.3 is 19.9 Å². The van der Waals surface area contributed by atoms with E-state index in [2.05, 4.69) is 74.8 Å². The van der Waals surface area contributed by atoms with E-state index >= 15 is 0 Å². The van der Waals surface area contributed by atoms with Crippen LogP contribution >= 0.6 is 34.8 Å². The molecule has 0 radical (unpaired) electrons. The number of pyridine rings is 1. The average Bonchev–Trinajstić information content (AvgIpc) is 3.30. The molecule has 0 unspecified atom stereocenters. The van der Waals surface area contributed by atoms with Crippen molar-refractivity contribution < 1.29 is 4.74 Å². The van der Waals surface area contributed by atoms with Crippen LogP contribution in [0.3, 0.4) is 0 Å². The molecule has 1 aliphatic heterocycles. The van der Waals surface area contributed by atoms with Gasteiger partial charge in [0.1, 0.15) is 11.5 Å². The lowest BCUT2D eigenvalue weighted by molar-refractivity contribution is 0.482. The van der Waals surface area contributed by atoms with E-state index < -0.39 is 0 Å². The highest BCUT2D eigenvalue weighted by Crippen LogP contribution is 2.44. The highest BCUT2D eigenvalue weighted by Gasteiger charge is 2.43. The molecule has 5 rings (SSSR count). The predicted octanol–water partition coefficient (Wildman–Crippen LogP) is 6.60. The summed E-state index contributed by atoms with van der Waals surface area (Å²) in [7, 11) is 0. The molecule has 2 aromatic carbocycles. The van der Waals surface area contributed by atoms with Crippen LogP contribution in [0, 0.1) is 17.4 Å². The Labute approximate surface area is 212 Å². The quantitative estimate of drug-likeness (QED) is 0.211. The molecule has 1 aliphatic rings. The van der Waals surface area contributed by atoms with E-state index in [1.54, 1.807) is 0 Å². The molecule has 1 fully saturated rings. The number of nitrogens with one attached hydrogen (secondary N) is 2. The second-order valence-electron chi connectivity index (χ2n) is 8.01. The summed E-state index contributed by atoms with van der Waals surface area (Å²) in [5.41, 5.74) is 5.51. The third-order valence-corrected chi connectivity index (χ3v) is 7.54. The third-order valence-electron chi connectivity index (χ3n) is 5.83. The van der Waals surface area contributed by atoms with Gasteiger partial charge >= 0.3 is 0 Å². The number of aromatic nitrogens is 2. The van der Waals surface area contributed by atoms with Crippen molar-refractivity contribution in [2.75, 3.05) is 4.90 Å². The van der Waals surface area contributed by atoms with Crippen molar-refractivity contribution in [1.82, 2.24) is 15.3 Å². The minimum absolute atomic E-state index is 0.0369. The molecule has 2 atom stereocenters. The first-order valence-electron chi connectivity index (χ1n) is 10.7. The molecule has 2 N–H and O–H groups in total. The Hall–Kier alpha value is -2.91. The zero-order valence-corrected chi connectivity index (χ0v) is 21.2. The van der Waals surface area contributed by atoms with Crippen LogP contribution in [0.4, 0.5) is 5.69 Å². The molecular weight excluding hydrogens is 543 g/mol. The topological polar surface area (TPSA) is 53.2 Å². The van der Waals surface area contributed by atoms with Gasteiger partial charge in [-0.3, -0.25) is 4.98 Å². The zero-order valence-electron chi connectivity index (χ0n) is 18.2. The summed E-state index contributed by atoms with van der Waals surface area (Å²) in [6, 6.07) is 23.8. The Morgan fingerprint density at radius 1 is 0.909 bits per heavy atom. The van der Waals surface area contributed by atoms with Gasteiger partial charge in [0, 0.05) is 32.4 Å². The lowest BCUT2D eigenvalue weighted by atomic mass is 9.96. The van der Waals surface area contributed by atoms with Gasteiger partial charge in [-0.15, -0.1) is 0 Å². The summed E-state index contributed by atoms with van der Waals surface area (Å²) < 4.78 is 7.20. The minimum atomic E-state index is -0.0682. The molecule has 1 saturated heterocycles. The number of thiocarbonyl (C=S) groups is 1. The summed E-state index contributed by atoms with van der Waals surface area (Å²) in [5.74, 6) is 1.59. The number of ether oxygens (including phenoxy) is 1. The van der Waals surface area contributed by atoms with Crippen molar-refractivity contribution in [3.05, 3.63) is 105 Å². The fourth-order valence-electron chi connectivity index (χ4n) is 4.35. The van der Waals surface area contributed by atoms with Crippen molar-refractivity contribution in [1.29, 1.82) is 0 Å². The number of para-hydroxylation sites is 1. The third kappa shape index (κ3) is 4.22. The van der Waals surface area contributed by atoms with Crippen LogP contribution in [0.2, 0.25) is 0 Å². The average molecular weight is 566 g/mol. The fraction of sp³-hybridized carbons (Fsp3) is 0.154. The highest BCUT2D eigenvalue weighted by atomic mass is 127. The van der Waals surface area contributed by atoms with Crippen LogP contribution in [0.5, 0.6) is 11.5 Å². The van der Waals surface area contributed by atoms with Gasteiger partial charge in [-0.25, -0.2) is 0 Å². The Morgan fingerprint density at radius 2 is 1.61 bits per heavy atom. The number of rotatable bonds is 5. The molecule has 0 saturated carbocycles. The van der Waals surface area contributed by atoms with Gasteiger partial charge in [-0.2, -0.15) is 0 Å². The van der Waals surface area contributed by atoms with Crippen molar-refractivity contribution in [2.24, 2.45) is 0 Å². The normalized spacial score (nSPS) is 17.8.